The minimum atomic E-state index is -0.733. The number of ether oxygens (including phenoxy) is 2. The van der Waals surface area contributed by atoms with Crippen molar-refractivity contribution in [2.45, 2.75) is 26.3 Å². The van der Waals surface area contributed by atoms with Crippen molar-refractivity contribution < 1.29 is 24.2 Å². The summed E-state index contributed by atoms with van der Waals surface area (Å²) in [6.07, 6.45) is 0.849. The van der Waals surface area contributed by atoms with E-state index >= 15 is 0 Å². The summed E-state index contributed by atoms with van der Waals surface area (Å²) >= 11 is 1.42. The number of rotatable bonds is 8. The van der Waals surface area contributed by atoms with Gasteiger partial charge >= 0.3 is 0 Å². The van der Waals surface area contributed by atoms with Gasteiger partial charge < -0.3 is 14.6 Å². The number of carbonyl (C=O) groups is 2. The Kier molecular flexibility index (Phi) is 6.79. The van der Waals surface area contributed by atoms with Crippen molar-refractivity contribution in [1.82, 2.24) is 0 Å². The lowest BCUT2D eigenvalue weighted by Crippen LogP contribution is -2.29. The third-order valence-electron chi connectivity index (χ3n) is 5.26. The van der Waals surface area contributed by atoms with E-state index in [0.29, 0.717) is 36.0 Å². The second-order valence-electron chi connectivity index (χ2n) is 7.49. The first-order valence-corrected chi connectivity index (χ1v) is 11.7. The van der Waals surface area contributed by atoms with Crippen LogP contribution in [0.3, 0.4) is 0 Å². The fourth-order valence-electron chi connectivity index (χ4n) is 3.79. The molecule has 0 aliphatic carbocycles. The molecule has 6 nitrogen and oxygen atoms in total. The van der Waals surface area contributed by atoms with Crippen molar-refractivity contribution in [3.8, 4) is 11.5 Å². The van der Waals surface area contributed by atoms with Crippen LogP contribution >= 0.6 is 11.3 Å². The maximum absolute atomic E-state index is 13.2. The lowest BCUT2D eigenvalue weighted by atomic mass is 9.99. The van der Waals surface area contributed by atoms with Gasteiger partial charge in [-0.1, -0.05) is 25.1 Å². The second-order valence-corrected chi connectivity index (χ2v) is 8.47. The molecule has 0 spiro atoms. The standard InChI is InChI=1S/C26H25NO5S/c1-3-14-32-20-8-5-7-17(16-20)24(28)22-23(21-9-6-15-33-21)27(26(30)25(22)29)18-10-12-19(13-11-18)31-4-2/h5-13,15-16,23,28H,3-4,14H2,1-2H3/b24-22-. The largest absolute Gasteiger partial charge is 0.507 e. The van der Waals surface area contributed by atoms with Crippen LogP contribution in [0.1, 0.15) is 36.8 Å². The number of aliphatic hydroxyl groups is 1. The van der Waals surface area contributed by atoms with E-state index in [0.717, 1.165) is 11.3 Å². The van der Waals surface area contributed by atoms with Crippen molar-refractivity contribution >= 4 is 34.5 Å². The minimum absolute atomic E-state index is 0.0592. The van der Waals surface area contributed by atoms with Crippen molar-refractivity contribution in [2.75, 3.05) is 18.1 Å². The summed E-state index contributed by atoms with van der Waals surface area (Å²) in [5.41, 5.74) is 1.04. The van der Waals surface area contributed by atoms with E-state index in [9.17, 15) is 14.7 Å². The average Bonchev–Trinajstić information content (AvgIpc) is 3.45. The number of hydrogen-bond donors (Lipinski definition) is 1. The Bertz CT molecular complexity index is 1170. The van der Waals surface area contributed by atoms with Gasteiger partial charge in [-0.05, 0) is 61.2 Å². The number of benzene rings is 2. The summed E-state index contributed by atoms with van der Waals surface area (Å²) in [4.78, 5) is 28.5. The molecule has 7 heteroatoms. The molecule has 2 aromatic carbocycles. The van der Waals surface area contributed by atoms with Crippen LogP contribution in [0.2, 0.25) is 0 Å². The maximum Gasteiger partial charge on any atom is 0.300 e. The van der Waals surface area contributed by atoms with Crippen LogP contribution in [0.4, 0.5) is 5.69 Å². The Morgan fingerprint density at radius 2 is 1.79 bits per heavy atom. The van der Waals surface area contributed by atoms with Gasteiger partial charge in [0, 0.05) is 16.1 Å². The normalized spacial score (nSPS) is 17.4. The van der Waals surface area contributed by atoms with Crippen molar-refractivity contribution in [2.24, 2.45) is 0 Å². The summed E-state index contributed by atoms with van der Waals surface area (Å²) < 4.78 is 11.2. The molecule has 1 N–H and O–H groups in total. The lowest BCUT2D eigenvalue weighted by Gasteiger charge is -2.24. The number of anilines is 1. The Hall–Kier alpha value is -3.58. The molecule has 2 heterocycles. The van der Waals surface area contributed by atoms with E-state index in [1.165, 1.54) is 16.2 Å². The Labute approximate surface area is 196 Å². The highest BCUT2D eigenvalue weighted by atomic mass is 32.1. The van der Waals surface area contributed by atoms with Gasteiger partial charge in [0.15, 0.2) is 0 Å². The molecule has 1 fully saturated rings. The van der Waals surface area contributed by atoms with E-state index in [-0.39, 0.29) is 11.3 Å². The number of nitrogens with zero attached hydrogens (tertiary/aromatic N) is 1. The van der Waals surface area contributed by atoms with Crippen molar-refractivity contribution in [3.63, 3.8) is 0 Å². The molecular formula is C26H25NO5S. The molecule has 0 radical (unpaired) electrons. The Morgan fingerprint density at radius 1 is 1.00 bits per heavy atom. The number of ketones is 1. The van der Waals surface area contributed by atoms with Gasteiger partial charge in [0.2, 0.25) is 0 Å². The maximum atomic E-state index is 13.2. The van der Waals surface area contributed by atoms with Crippen molar-refractivity contribution in [3.05, 3.63) is 82.1 Å². The molecule has 0 saturated carbocycles. The van der Waals surface area contributed by atoms with Gasteiger partial charge in [-0.3, -0.25) is 14.5 Å². The molecule has 170 valence electrons. The number of aliphatic hydroxyl groups excluding tert-OH is 1. The van der Waals surface area contributed by atoms with Crippen LogP contribution in [0.15, 0.2) is 71.6 Å². The third kappa shape index (κ3) is 4.50. The highest BCUT2D eigenvalue weighted by molar-refractivity contribution is 7.10. The van der Waals surface area contributed by atoms with Crippen LogP contribution in [-0.4, -0.2) is 30.0 Å². The monoisotopic (exact) mass is 463 g/mol. The fourth-order valence-corrected chi connectivity index (χ4v) is 4.62. The second kappa shape index (κ2) is 9.92. The van der Waals surface area contributed by atoms with Gasteiger partial charge in [-0.25, -0.2) is 0 Å². The van der Waals surface area contributed by atoms with E-state index in [4.69, 9.17) is 9.47 Å². The molecule has 4 rings (SSSR count). The van der Waals surface area contributed by atoms with Gasteiger partial charge in [-0.15, -0.1) is 11.3 Å². The Balaban J connectivity index is 1.80. The first-order chi connectivity index (χ1) is 16.0. The molecule has 1 aliphatic rings. The topological polar surface area (TPSA) is 76.1 Å². The van der Waals surface area contributed by atoms with E-state index in [1.54, 1.807) is 48.5 Å². The first-order valence-electron chi connectivity index (χ1n) is 10.9. The van der Waals surface area contributed by atoms with Crippen molar-refractivity contribution in [1.29, 1.82) is 0 Å². The lowest BCUT2D eigenvalue weighted by molar-refractivity contribution is -0.132. The van der Waals surface area contributed by atoms with Crippen LogP contribution < -0.4 is 14.4 Å². The van der Waals surface area contributed by atoms with Crippen LogP contribution in [0.25, 0.3) is 5.76 Å². The predicted molar refractivity (Wildman–Crippen MR) is 129 cm³/mol. The van der Waals surface area contributed by atoms with E-state index in [2.05, 4.69) is 0 Å². The zero-order valence-electron chi connectivity index (χ0n) is 18.5. The highest BCUT2D eigenvalue weighted by Crippen LogP contribution is 2.44. The average molecular weight is 464 g/mol. The number of carbonyl (C=O) groups excluding carboxylic acids is 2. The first kappa shape index (κ1) is 22.6. The summed E-state index contributed by atoms with van der Waals surface area (Å²) in [5.74, 6) is -0.358. The zero-order chi connectivity index (χ0) is 23.4. The molecule has 1 aliphatic heterocycles. The fraction of sp³-hybridized carbons (Fsp3) is 0.231. The number of amides is 1. The molecule has 1 unspecified atom stereocenters. The van der Waals surface area contributed by atoms with Crippen LogP contribution in [-0.2, 0) is 9.59 Å². The minimum Gasteiger partial charge on any atom is -0.507 e. The zero-order valence-corrected chi connectivity index (χ0v) is 19.3. The Morgan fingerprint density at radius 3 is 2.45 bits per heavy atom. The smallest absolute Gasteiger partial charge is 0.300 e. The number of thiophene rings is 1. The number of Topliss-reactive ketones (excluding diaryl/α,β-unsaturated/α-hetero) is 1. The molecule has 1 saturated heterocycles. The SMILES string of the molecule is CCCOc1cccc(/C(O)=C2/C(=O)C(=O)N(c3ccc(OCC)cc3)C2c2cccs2)c1. The summed E-state index contributed by atoms with van der Waals surface area (Å²) in [6, 6.07) is 16.9. The van der Waals surface area contributed by atoms with Gasteiger partial charge in [-0.2, -0.15) is 0 Å². The van der Waals surface area contributed by atoms with Gasteiger partial charge in [0.25, 0.3) is 11.7 Å². The molecule has 0 bridgehead atoms. The van der Waals surface area contributed by atoms with Gasteiger partial charge in [0.1, 0.15) is 23.3 Å². The summed E-state index contributed by atoms with van der Waals surface area (Å²) in [5, 5.41) is 13.1. The summed E-state index contributed by atoms with van der Waals surface area (Å²) in [7, 11) is 0. The quantitative estimate of drug-likeness (QED) is 0.269. The number of hydrogen-bond acceptors (Lipinski definition) is 6. The van der Waals surface area contributed by atoms with Crippen LogP contribution in [0.5, 0.6) is 11.5 Å². The molecule has 1 aromatic heterocycles. The predicted octanol–water partition coefficient (Wildman–Crippen LogP) is 5.56. The summed E-state index contributed by atoms with van der Waals surface area (Å²) in [6.45, 7) is 4.97. The van der Waals surface area contributed by atoms with Gasteiger partial charge in [0.05, 0.1) is 18.8 Å². The molecular weight excluding hydrogens is 438 g/mol. The molecule has 33 heavy (non-hydrogen) atoms. The molecule has 3 aromatic rings. The van der Waals surface area contributed by atoms with E-state index in [1.807, 2.05) is 31.4 Å². The molecule has 1 amide bonds. The highest BCUT2D eigenvalue weighted by Gasteiger charge is 2.47. The third-order valence-corrected chi connectivity index (χ3v) is 6.19. The van der Waals surface area contributed by atoms with Crippen LogP contribution in [0, 0.1) is 0 Å². The molecule has 1 atom stereocenters. The van der Waals surface area contributed by atoms with E-state index < -0.39 is 17.7 Å².